The van der Waals surface area contributed by atoms with Crippen molar-refractivity contribution < 1.29 is 9.21 Å². The highest BCUT2D eigenvalue weighted by Gasteiger charge is 2.19. The van der Waals surface area contributed by atoms with E-state index in [1.807, 2.05) is 0 Å². The predicted octanol–water partition coefficient (Wildman–Crippen LogP) is 1.13. The van der Waals surface area contributed by atoms with Gasteiger partial charge in [0.25, 0.3) is 5.91 Å². The van der Waals surface area contributed by atoms with Gasteiger partial charge in [0, 0.05) is 12.6 Å². The molecule has 1 unspecified atom stereocenters. The molecule has 0 saturated carbocycles. The predicted molar refractivity (Wildman–Crippen MR) is 55.1 cm³/mol. The second kappa shape index (κ2) is 4.14. The van der Waals surface area contributed by atoms with Gasteiger partial charge in [-0.25, -0.2) is 0 Å². The number of halogens is 1. The van der Waals surface area contributed by atoms with Crippen LogP contribution in [0.15, 0.2) is 21.2 Å². The van der Waals surface area contributed by atoms with Crippen molar-refractivity contribution in [2.45, 2.75) is 12.5 Å². The maximum atomic E-state index is 11.6. The number of amides is 1. The number of rotatable bonds is 2. The van der Waals surface area contributed by atoms with Gasteiger partial charge in [-0.2, -0.15) is 0 Å². The van der Waals surface area contributed by atoms with Crippen LogP contribution in [0.4, 0.5) is 0 Å². The van der Waals surface area contributed by atoms with Crippen LogP contribution in [0, 0.1) is 0 Å². The summed E-state index contributed by atoms with van der Waals surface area (Å²) >= 11 is 3.15. The van der Waals surface area contributed by atoms with Gasteiger partial charge in [-0.1, -0.05) is 0 Å². The van der Waals surface area contributed by atoms with Gasteiger partial charge in [0.2, 0.25) is 0 Å². The molecule has 1 atom stereocenters. The van der Waals surface area contributed by atoms with E-state index in [1.54, 1.807) is 12.1 Å². The summed E-state index contributed by atoms with van der Waals surface area (Å²) in [5.41, 5.74) is 0. The zero-order valence-electron chi connectivity index (χ0n) is 7.55. The lowest BCUT2D eigenvalue weighted by molar-refractivity contribution is 0.0911. The van der Waals surface area contributed by atoms with Crippen LogP contribution in [0.1, 0.15) is 17.0 Å². The summed E-state index contributed by atoms with van der Waals surface area (Å²) in [4.78, 5) is 11.6. The molecule has 1 amide bonds. The number of carbonyl (C=O) groups is 1. The highest BCUT2D eigenvalue weighted by Crippen LogP contribution is 2.14. The summed E-state index contributed by atoms with van der Waals surface area (Å²) in [6.07, 6.45) is 0.980. The topological polar surface area (TPSA) is 54.3 Å². The molecule has 1 aliphatic heterocycles. The van der Waals surface area contributed by atoms with Crippen LogP contribution in [0.25, 0.3) is 0 Å². The lowest BCUT2D eigenvalue weighted by Gasteiger charge is -2.08. The van der Waals surface area contributed by atoms with Gasteiger partial charge < -0.3 is 15.1 Å². The first kappa shape index (κ1) is 9.73. The highest BCUT2D eigenvalue weighted by atomic mass is 79.9. The zero-order valence-corrected chi connectivity index (χ0v) is 9.13. The van der Waals surface area contributed by atoms with Crippen LogP contribution in [0.5, 0.6) is 0 Å². The van der Waals surface area contributed by atoms with Crippen molar-refractivity contribution in [1.82, 2.24) is 10.6 Å². The van der Waals surface area contributed by atoms with E-state index in [0.29, 0.717) is 10.4 Å². The Morgan fingerprint density at radius 3 is 3.07 bits per heavy atom. The van der Waals surface area contributed by atoms with Gasteiger partial charge in [0.1, 0.15) is 0 Å². The average molecular weight is 259 g/mol. The molecule has 1 aliphatic rings. The smallest absolute Gasteiger partial charge is 0.287 e. The number of carbonyl (C=O) groups excluding carboxylic acids is 1. The molecular weight excluding hydrogens is 248 g/mol. The van der Waals surface area contributed by atoms with E-state index >= 15 is 0 Å². The summed E-state index contributed by atoms with van der Waals surface area (Å²) in [5.74, 6) is 0.202. The fourth-order valence-corrected chi connectivity index (χ4v) is 1.78. The van der Waals surface area contributed by atoms with Crippen LogP contribution in [-0.2, 0) is 0 Å². The van der Waals surface area contributed by atoms with E-state index in [9.17, 15) is 4.79 Å². The third kappa shape index (κ3) is 2.16. The molecule has 2 rings (SSSR count). The van der Waals surface area contributed by atoms with Crippen LogP contribution < -0.4 is 10.6 Å². The van der Waals surface area contributed by atoms with Crippen LogP contribution in [0.2, 0.25) is 0 Å². The van der Waals surface area contributed by atoms with Crippen molar-refractivity contribution in [1.29, 1.82) is 0 Å². The Bertz CT molecular complexity index is 331. The average Bonchev–Trinajstić information content (AvgIpc) is 2.75. The quantitative estimate of drug-likeness (QED) is 0.837. The molecule has 2 N–H and O–H groups in total. The van der Waals surface area contributed by atoms with E-state index < -0.39 is 0 Å². The maximum Gasteiger partial charge on any atom is 0.287 e. The molecule has 14 heavy (non-hydrogen) atoms. The number of hydrogen-bond acceptors (Lipinski definition) is 3. The first-order valence-corrected chi connectivity index (χ1v) is 5.32. The minimum atomic E-state index is -0.149. The molecule has 1 fully saturated rings. The van der Waals surface area contributed by atoms with Crippen molar-refractivity contribution in [3.05, 3.63) is 22.6 Å². The molecule has 5 heteroatoms. The Hall–Kier alpha value is -0.810. The first-order chi connectivity index (χ1) is 6.75. The number of hydrogen-bond donors (Lipinski definition) is 2. The first-order valence-electron chi connectivity index (χ1n) is 4.52. The van der Waals surface area contributed by atoms with Crippen molar-refractivity contribution in [2.24, 2.45) is 0 Å². The van der Waals surface area contributed by atoms with E-state index in [2.05, 4.69) is 26.6 Å². The monoisotopic (exact) mass is 258 g/mol. The molecule has 4 nitrogen and oxygen atoms in total. The Morgan fingerprint density at radius 2 is 2.50 bits per heavy atom. The lowest BCUT2D eigenvalue weighted by Crippen LogP contribution is -2.35. The Kier molecular flexibility index (Phi) is 2.88. The normalized spacial score (nSPS) is 21.1. The zero-order chi connectivity index (χ0) is 9.97. The standard InChI is InChI=1S/C9H11BrN2O2/c10-8-2-1-7(14-8)9(13)12-6-3-4-11-5-6/h1-2,6,11H,3-5H2,(H,12,13). The number of furan rings is 1. The lowest BCUT2D eigenvalue weighted by atomic mass is 10.2. The van der Waals surface area contributed by atoms with Crippen molar-refractivity contribution in [3.63, 3.8) is 0 Å². The molecule has 2 heterocycles. The molecule has 1 aromatic rings. The van der Waals surface area contributed by atoms with Crippen molar-refractivity contribution in [3.8, 4) is 0 Å². The van der Waals surface area contributed by atoms with Crippen LogP contribution in [0.3, 0.4) is 0 Å². The Morgan fingerprint density at radius 1 is 1.64 bits per heavy atom. The molecule has 0 spiro atoms. The Balaban J connectivity index is 1.95. The molecule has 0 bridgehead atoms. The third-order valence-electron chi connectivity index (χ3n) is 2.19. The SMILES string of the molecule is O=C(NC1CCNC1)c1ccc(Br)o1. The van der Waals surface area contributed by atoms with Crippen molar-refractivity contribution in [2.75, 3.05) is 13.1 Å². The summed E-state index contributed by atoms with van der Waals surface area (Å²) in [6, 6.07) is 3.59. The summed E-state index contributed by atoms with van der Waals surface area (Å²) in [5, 5.41) is 6.07. The van der Waals surface area contributed by atoms with Gasteiger partial charge in [0.15, 0.2) is 10.4 Å². The van der Waals surface area contributed by atoms with E-state index in [4.69, 9.17) is 4.42 Å². The maximum absolute atomic E-state index is 11.6. The number of nitrogens with one attached hydrogen (secondary N) is 2. The molecule has 1 aromatic heterocycles. The second-order valence-electron chi connectivity index (χ2n) is 3.27. The minimum Gasteiger partial charge on any atom is -0.444 e. The molecule has 1 saturated heterocycles. The fourth-order valence-electron chi connectivity index (χ4n) is 1.47. The highest BCUT2D eigenvalue weighted by molar-refractivity contribution is 9.10. The third-order valence-corrected chi connectivity index (χ3v) is 2.62. The van der Waals surface area contributed by atoms with E-state index in [1.165, 1.54) is 0 Å². The van der Waals surface area contributed by atoms with Gasteiger partial charge in [-0.3, -0.25) is 4.79 Å². The van der Waals surface area contributed by atoms with Gasteiger partial charge in [-0.15, -0.1) is 0 Å². The fraction of sp³-hybridized carbons (Fsp3) is 0.444. The largest absolute Gasteiger partial charge is 0.444 e. The second-order valence-corrected chi connectivity index (χ2v) is 4.05. The van der Waals surface area contributed by atoms with Crippen LogP contribution >= 0.6 is 15.9 Å². The van der Waals surface area contributed by atoms with E-state index in [-0.39, 0.29) is 11.9 Å². The van der Waals surface area contributed by atoms with Crippen molar-refractivity contribution >= 4 is 21.8 Å². The summed E-state index contributed by atoms with van der Waals surface area (Å²) < 4.78 is 5.72. The Labute approximate surface area is 90.2 Å². The summed E-state index contributed by atoms with van der Waals surface area (Å²) in [7, 11) is 0. The molecule has 0 radical (unpaired) electrons. The minimum absolute atomic E-state index is 0.149. The van der Waals surface area contributed by atoms with Gasteiger partial charge in [-0.05, 0) is 41.0 Å². The molecule has 0 aliphatic carbocycles. The van der Waals surface area contributed by atoms with Gasteiger partial charge in [0.05, 0.1) is 0 Å². The molecule has 0 aromatic carbocycles. The molecule has 76 valence electrons. The van der Waals surface area contributed by atoms with E-state index in [0.717, 1.165) is 19.5 Å². The van der Waals surface area contributed by atoms with Gasteiger partial charge >= 0.3 is 0 Å². The molecular formula is C9H11BrN2O2. The van der Waals surface area contributed by atoms with Crippen LogP contribution in [-0.4, -0.2) is 25.0 Å². The summed E-state index contributed by atoms with van der Waals surface area (Å²) in [6.45, 7) is 1.81.